The van der Waals surface area contributed by atoms with Crippen molar-refractivity contribution >= 4 is 33.3 Å². The zero-order chi connectivity index (χ0) is 25.0. The van der Waals surface area contributed by atoms with Gasteiger partial charge in [-0.05, 0) is 29.8 Å². The number of aromatic nitrogens is 2. The highest BCUT2D eigenvalue weighted by atomic mass is 32.2. The summed E-state index contributed by atoms with van der Waals surface area (Å²) in [6.45, 7) is 5.08. The molecular formula is C25H29N5O4S. The van der Waals surface area contributed by atoms with Crippen LogP contribution in [0.2, 0.25) is 0 Å². The summed E-state index contributed by atoms with van der Waals surface area (Å²) in [5.41, 5.74) is 1.62. The SMILES string of the molecule is CCN(CC)S(=O)(=O)c1ccc(N2CC(C(=O)Nc3ccnn3Cc3ccccc3)CC2=O)cc1. The molecule has 2 amide bonds. The van der Waals surface area contributed by atoms with E-state index in [1.165, 1.54) is 21.3 Å². The van der Waals surface area contributed by atoms with Crippen LogP contribution in [0, 0.1) is 5.92 Å². The third-order valence-electron chi connectivity index (χ3n) is 6.13. The Morgan fingerprint density at radius 1 is 1.06 bits per heavy atom. The minimum atomic E-state index is -3.58. The fraction of sp³-hybridized carbons (Fsp3) is 0.320. The van der Waals surface area contributed by atoms with E-state index in [9.17, 15) is 18.0 Å². The van der Waals surface area contributed by atoms with Gasteiger partial charge in [0.15, 0.2) is 0 Å². The summed E-state index contributed by atoms with van der Waals surface area (Å²) < 4.78 is 28.5. The van der Waals surface area contributed by atoms with Gasteiger partial charge >= 0.3 is 0 Å². The highest BCUT2D eigenvalue weighted by molar-refractivity contribution is 7.89. The molecule has 2 aromatic carbocycles. The van der Waals surface area contributed by atoms with Crippen molar-refractivity contribution in [2.75, 3.05) is 29.9 Å². The van der Waals surface area contributed by atoms with Crippen molar-refractivity contribution in [3.8, 4) is 0 Å². The number of rotatable bonds is 9. The summed E-state index contributed by atoms with van der Waals surface area (Å²) >= 11 is 0. The lowest BCUT2D eigenvalue weighted by Gasteiger charge is -2.20. The Bertz CT molecular complexity index is 1280. The van der Waals surface area contributed by atoms with Gasteiger partial charge in [0.05, 0.1) is 23.6 Å². The summed E-state index contributed by atoms with van der Waals surface area (Å²) in [6.07, 6.45) is 1.70. The average Bonchev–Trinajstić information content (AvgIpc) is 3.46. The van der Waals surface area contributed by atoms with Gasteiger partial charge in [-0.3, -0.25) is 9.59 Å². The first-order valence-electron chi connectivity index (χ1n) is 11.6. The molecule has 1 atom stereocenters. The van der Waals surface area contributed by atoms with Crippen LogP contribution < -0.4 is 10.2 Å². The predicted molar refractivity (Wildman–Crippen MR) is 133 cm³/mol. The van der Waals surface area contributed by atoms with Crippen molar-refractivity contribution in [2.24, 2.45) is 5.92 Å². The number of nitrogens with zero attached hydrogens (tertiary/aromatic N) is 4. The normalized spacial score (nSPS) is 16.1. The van der Waals surface area contributed by atoms with Crippen molar-refractivity contribution in [2.45, 2.75) is 31.7 Å². The van der Waals surface area contributed by atoms with Crippen LogP contribution in [0.15, 0.2) is 71.8 Å². The molecule has 1 fully saturated rings. The third kappa shape index (κ3) is 5.28. The van der Waals surface area contributed by atoms with E-state index in [0.29, 0.717) is 31.1 Å². The molecule has 0 radical (unpaired) electrons. The van der Waals surface area contributed by atoms with Gasteiger partial charge in [-0.25, -0.2) is 13.1 Å². The van der Waals surface area contributed by atoms with Gasteiger partial charge in [-0.2, -0.15) is 9.40 Å². The third-order valence-corrected chi connectivity index (χ3v) is 8.19. The quantitative estimate of drug-likeness (QED) is 0.492. The summed E-state index contributed by atoms with van der Waals surface area (Å²) in [5.74, 6) is -0.393. The molecule has 0 spiro atoms. The van der Waals surface area contributed by atoms with E-state index in [0.717, 1.165) is 5.56 Å². The molecule has 0 bridgehead atoms. The van der Waals surface area contributed by atoms with E-state index in [1.807, 2.05) is 30.3 Å². The number of nitrogens with one attached hydrogen (secondary N) is 1. The lowest BCUT2D eigenvalue weighted by atomic mass is 10.1. The monoisotopic (exact) mass is 495 g/mol. The van der Waals surface area contributed by atoms with Crippen LogP contribution in [0.3, 0.4) is 0 Å². The van der Waals surface area contributed by atoms with Crippen molar-refractivity contribution < 1.29 is 18.0 Å². The Kier molecular flexibility index (Phi) is 7.32. The maximum Gasteiger partial charge on any atom is 0.243 e. The molecule has 184 valence electrons. The lowest BCUT2D eigenvalue weighted by Crippen LogP contribution is -2.31. The first-order chi connectivity index (χ1) is 16.8. The molecule has 1 aliphatic rings. The molecule has 4 rings (SSSR count). The molecule has 1 unspecified atom stereocenters. The minimum absolute atomic E-state index is 0.0815. The van der Waals surface area contributed by atoms with Crippen molar-refractivity contribution in [3.05, 3.63) is 72.4 Å². The standard InChI is InChI=1S/C25H29N5O4S/c1-3-28(4-2)35(33,34)22-12-10-21(11-13-22)29-18-20(16-24(29)31)25(32)27-23-14-15-26-30(23)17-19-8-6-5-7-9-19/h5-15,20H,3-4,16-18H2,1-2H3,(H,27,32). The highest BCUT2D eigenvalue weighted by Crippen LogP contribution is 2.28. The van der Waals surface area contributed by atoms with Crippen LogP contribution in [0.25, 0.3) is 0 Å². The van der Waals surface area contributed by atoms with Crippen LogP contribution >= 0.6 is 0 Å². The summed E-state index contributed by atoms with van der Waals surface area (Å²) in [5, 5.41) is 7.19. The van der Waals surface area contributed by atoms with E-state index in [2.05, 4.69) is 10.4 Å². The van der Waals surface area contributed by atoms with Gasteiger partial charge in [-0.15, -0.1) is 0 Å². The molecule has 10 heteroatoms. The molecule has 1 aliphatic heterocycles. The van der Waals surface area contributed by atoms with Gasteiger partial charge < -0.3 is 10.2 Å². The van der Waals surface area contributed by atoms with Crippen molar-refractivity contribution in [1.82, 2.24) is 14.1 Å². The maximum atomic E-state index is 13.0. The fourth-order valence-corrected chi connectivity index (χ4v) is 5.65. The number of carbonyl (C=O) groups excluding carboxylic acids is 2. The number of sulfonamides is 1. The van der Waals surface area contributed by atoms with E-state index in [-0.39, 0.29) is 29.7 Å². The number of hydrogen-bond acceptors (Lipinski definition) is 5. The second-order valence-corrected chi connectivity index (χ2v) is 10.3. The lowest BCUT2D eigenvalue weighted by molar-refractivity contribution is -0.122. The second kappa shape index (κ2) is 10.4. The first kappa shape index (κ1) is 24.6. The van der Waals surface area contributed by atoms with Crippen LogP contribution in [0.4, 0.5) is 11.5 Å². The number of benzene rings is 2. The number of carbonyl (C=O) groups is 2. The maximum absolute atomic E-state index is 13.0. The Morgan fingerprint density at radius 2 is 1.74 bits per heavy atom. The molecule has 35 heavy (non-hydrogen) atoms. The molecule has 0 aliphatic carbocycles. The molecule has 2 heterocycles. The van der Waals surface area contributed by atoms with Gasteiger partial charge in [0, 0.05) is 37.8 Å². The van der Waals surface area contributed by atoms with E-state index in [4.69, 9.17) is 0 Å². The van der Waals surface area contributed by atoms with Crippen LogP contribution in [0.5, 0.6) is 0 Å². The Balaban J connectivity index is 1.42. The summed E-state index contributed by atoms with van der Waals surface area (Å²) in [4.78, 5) is 27.3. The van der Waals surface area contributed by atoms with E-state index in [1.54, 1.807) is 42.9 Å². The van der Waals surface area contributed by atoms with Gasteiger partial charge in [0.2, 0.25) is 21.8 Å². The molecule has 9 nitrogen and oxygen atoms in total. The number of amides is 2. The average molecular weight is 496 g/mol. The number of anilines is 2. The van der Waals surface area contributed by atoms with Gasteiger partial charge in [0.25, 0.3) is 0 Å². The van der Waals surface area contributed by atoms with Crippen LogP contribution in [-0.2, 0) is 26.2 Å². The van der Waals surface area contributed by atoms with E-state index < -0.39 is 15.9 Å². The molecule has 1 aromatic heterocycles. The molecule has 0 saturated carbocycles. The zero-order valence-electron chi connectivity index (χ0n) is 19.8. The predicted octanol–water partition coefficient (Wildman–Crippen LogP) is 2.95. The molecular weight excluding hydrogens is 466 g/mol. The minimum Gasteiger partial charge on any atom is -0.312 e. The smallest absolute Gasteiger partial charge is 0.243 e. The molecule has 1 N–H and O–H groups in total. The fourth-order valence-electron chi connectivity index (χ4n) is 4.19. The topological polar surface area (TPSA) is 105 Å². The summed E-state index contributed by atoms with van der Waals surface area (Å²) in [7, 11) is -3.58. The largest absolute Gasteiger partial charge is 0.312 e. The Labute approximate surface area is 205 Å². The van der Waals surface area contributed by atoms with Gasteiger partial charge in [0.1, 0.15) is 5.82 Å². The second-order valence-electron chi connectivity index (χ2n) is 8.34. The number of hydrogen-bond donors (Lipinski definition) is 1. The molecule has 3 aromatic rings. The Hall–Kier alpha value is -3.50. The Morgan fingerprint density at radius 3 is 2.40 bits per heavy atom. The van der Waals surface area contributed by atoms with E-state index >= 15 is 0 Å². The van der Waals surface area contributed by atoms with Gasteiger partial charge in [-0.1, -0.05) is 44.2 Å². The van der Waals surface area contributed by atoms with Crippen LogP contribution in [-0.4, -0.2) is 54.0 Å². The van der Waals surface area contributed by atoms with Crippen LogP contribution in [0.1, 0.15) is 25.8 Å². The molecule has 1 saturated heterocycles. The van der Waals surface area contributed by atoms with Crippen molar-refractivity contribution in [1.29, 1.82) is 0 Å². The first-order valence-corrected chi connectivity index (χ1v) is 13.0. The summed E-state index contributed by atoms with van der Waals surface area (Å²) in [6, 6.07) is 17.8. The van der Waals surface area contributed by atoms with Crippen molar-refractivity contribution in [3.63, 3.8) is 0 Å². The highest BCUT2D eigenvalue weighted by Gasteiger charge is 2.35. The zero-order valence-corrected chi connectivity index (χ0v) is 20.6.